The van der Waals surface area contributed by atoms with Crippen molar-refractivity contribution >= 4 is 5.91 Å². The summed E-state index contributed by atoms with van der Waals surface area (Å²) < 4.78 is 0. The summed E-state index contributed by atoms with van der Waals surface area (Å²) in [4.78, 5) is 12.0. The zero-order valence-corrected chi connectivity index (χ0v) is 9.99. The van der Waals surface area contributed by atoms with Gasteiger partial charge in [0.05, 0.1) is 0 Å². The average Bonchev–Trinajstić information content (AvgIpc) is 2.35. The van der Waals surface area contributed by atoms with Crippen molar-refractivity contribution in [1.29, 1.82) is 0 Å². The van der Waals surface area contributed by atoms with E-state index in [1.807, 2.05) is 38.1 Å². The van der Waals surface area contributed by atoms with Crippen LogP contribution in [-0.4, -0.2) is 18.5 Å². The van der Waals surface area contributed by atoms with E-state index in [0.29, 0.717) is 6.54 Å². The molecular formula is C13H20N2O. The highest BCUT2D eigenvalue weighted by Crippen LogP contribution is 2.09. The Balaban J connectivity index is 2.79. The van der Waals surface area contributed by atoms with Gasteiger partial charge in [-0.1, -0.05) is 32.0 Å². The summed E-state index contributed by atoms with van der Waals surface area (Å²) in [5.41, 5.74) is 7.40. The van der Waals surface area contributed by atoms with Crippen molar-refractivity contribution in [2.24, 2.45) is 5.73 Å². The fourth-order valence-corrected chi connectivity index (χ4v) is 1.64. The molecule has 1 aromatic carbocycles. The molecule has 3 nitrogen and oxygen atoms in total. The zero-order chi connectivity index (χ0) is 12.0. The molecule has 0 aliphatic rings. The molecule has 1 aromatic rings. The van der Waals surface area contributed by atoms with Gasteiger partial charge in [0.25, 0.3) is 5.91 Å². The van der Waals surface area contributed by atoms with Gasteiger partial charge in [-0.15, -0.1) is 0 Å². The maximum absolute atomic E-state index is 12.0. The van der Waals surface area contributed by atoms with Crippen LogP contribution in [0.15, 0.2) is 24.3 Å². The number of carbonyl (C=O) groups excluding carboxylic acids is 1. The van der Waals surface area contributed by atoms with Crippen molar-refractivity contribution in [1.82, 2.24) is 5.32 Å². The van der Waals surface area contributed by atoms with E-state index in [4.69, 9.17) is 5.73 Å². The predicted octanol–water partition coefficient (Wildman–Crippen LogP) is 1.72. The van der Waals surface area contributed by atoms with Crippen LogP contribution in [-0.2, 0) is 6.42 Å². The van der Waals surface area contributed by atoms with Gasteiger partial charge in [-0.05, 0) is 24.5 Å². The van der Waals surface area contributed by atoms with Crippen molar-refractivity contribution < 1.29 is 4.79 Å². The molecule has 0 aromatic heterocycles. The molecule has 0 heterocycles. The lowest BCUT2D eigenvalue weighted by atomic mass is 10.0. The Hall–Kier alpha value is -1.35. The van der Waals surface area contributed by atoms with Crippen molar-refractivity contribution in [3.05, 3.63) is 35.4 Å². The van der Waals surface area contributed by atoms with Crippen LogP contribution in [0.3, 0.4) is 0 Å². The Morgan fingerprint density at radius 3 is 2.62 bits per heavy atom. The van der Waals surface area contributed by atoms with E-state index >= 15 is 0 Å². The second kappa shape index (κ2) is 6.28. The molecule has 1 amide bonds. The Labute approximate surface area is 97.0 Å². The summed E-state index contributed by atoms with van der Waals surface area (Å²) >= 11 is 0. The maximum Gasteiger partial charge on any atom is 0.251 e. The quantitative estimate of drug-likeness (QED) is 0.793. The molecule has 3 heteroatoms. The van der Waals surface area contributed by atoms with E-state index in [2.05, 4.69) is 5.32 Å². The zero-order valence-electron chi connectivity index (χ0n) is 9.99. The van der Waals surface area contributed by atoms with Crippen LogP contribution >= 0.6 is 0 Å². The number of benzene rings is 1. The lowest BCUT2D eigenvalue weighted by Gasteiger charge is -2.15. The summed E-state index contributed by atoms with van der Waals surface area (Å²) in [6.07, 6.45) is 1.72. The van der Waals surface area contributed by atoms with Gasteiger partial charge >= 0.3 is 0 Å². The van der Waals surface area contributed by atoms with Crippen molar-refractivity contribution in [2.45, 2.75) is 32.7 Å². The number of hydrogen-bond donors (Lipinski definition) is 2. The Morgan fingerprint density at radius 2 is 2.06 bits per heavy atom. The van der Waals surface area contributed by atoms with E-state index in [1.165, 1.54) is 0 Å². The van der Waals surface area contributed by atoms with Crippen molar-refractivity contribution in [2.75, 3.05) is 6.54 Å². The predicted molar refractivity (Wildman–Crippen MR) is 66.4 cm³/mol. The summed E-state index contributed by atoms with van der Waals surface area (Å²) in [6, 6.07) is 7.75. The van der Waals surface area contributed by atoms with Gasteiger partial charge in [0.2, 0.25) is 0 Å². The molecule has 0 aliphatic carbocycles. The van der Waals surface area contributed by atoms with Gasteiger partial charge in [-0.3, -0.25) is 4.79 Å². The molecule has 1 atom stereocenters. The van der Waals surface area contributed by atoms with Crippen LogP contribution in [0.4, 0.5) is 0 Å². The molecule has 1 unspecified atom stereocenters. The lowest BCUT2D eigenvalue weighted by Crippen LogP contribution is -2.39. The van der Waals surface area contributed by atoms with Gasteiger partial charge < -0.3 is 11.1 Å². The van der Waals surface area contributed by atoms with Crippen molar-refractivity contribution in [3.63, 3.8) is 0 Å². The Bertz CT molecular complexity index is 346. The molecule has 16 heavy (non-hydrogen) atoms. The Morgan fingerprint density at radius 1 is 1.38 bits per heavy atom. The molecule has 0 saturated carbocycles. The SMILES string of the molecule is CCc1ccccc1C(=O)NC(CC)CN. The fraction of sp³-hybridized carbons (Fsp3) is 0.462. The minimum atomic E-state index is -0.0187. The second-order valence-corrected chi connectivity index (χ2v) is 3.83. The topological polar surface area (TPSA) is 55.1 Å². The first kappa shape index (κ1) is 12.7. The highest BCUT2D eigenvalue weighted by atomic mass is 16.1. The lowest BCUT2D eigenvalue weighted by molar-refractivity contribution is 0.0936. The van der Waals surface area contributed by atoms with Crippen LogP contribution in [0, 0.1) is 0 Å². The molecule has 3 N–H and O–H groups in total. The molecule has 1 rings (SSSR count). The molecule has 0 fully saturated rings. The van der Waals surface area contributed by atoms with E-state index < -0.39 is 0 Å². The minimum absolute atomic E-state index is 0.0187. The van der Waals surface area contributed by atoms with Gasteiger partial charge in [0, 0.05) is 18.2 Å². The molecular weight excluding hydrogens is 200 g/mol. The molecule has 0 aliphatic heterocycles. The maximum atomic E-state index is 12.0. The third-order valence-corrected chi connectivity index (χ3v) is 2.76. The van der Waals surface area contributed by atoms with E-state index in [0.717, 1.165) is 24.0 Å². The number of hydrogen-bond acceptors (Lipinski definition) is 2. The molecule has 0 saturated heterocycles. The monoisotopic (exact) mass is 220 g/mol. The van der Waals surface area contributed by atoms with E-state index in [9.17, 15) is 4.79 Å². The summed E-state index contributed by atoms with van der Waals surface area (Å²) in [6.45, 7) is 4.55. The highest BCUT2D eigenvalue weighted by Gasteiger charge is 2.12. The van der Waals surface area contributed by atoms with E-state index in [1.54, 1.807) is 0 Å². The first-order valence-corrected chi connectivity index (χ1v) is 5.81. The number of aryl methyl sites for hydroxylation is 1. The number of amides is 1. The third kappa shape index (κ3) is 3.07. The smallest absolute Gasteiger partial charge is 0.251 e. The normalized spacial score (nSPS) is 12.2. The van der Waals surface area contributed by atoms with Gasteiger partial charge in [-0.25, -0.2) is 0 Å². The highest BCUT2D eigenvalue weighted by molar-refractivity contribution is 5.95. The summed E-state index contributed by atoms with van der Waals surface area (Å²) in [7, 11) is 0. The summed E-state index contributed by atoms with van der Waals surface area (Å²) in [5.74, 6) is -0.0187. The molecule has 0 spiro atoms. The standard InChI is InChI=1S/C13H20N2O/c1-3-10-7-5-6-8-12(10)13(16)15-11(4-2)9-14/h5-8,11H,3-4,9,14H2,1-2H3,(H,15,16). The largest absolute Gasteiger partial charge is 0.348 e. The van der Waals surface area contributed by atoms with Crippen molar-refractivity contribution in [3.8, 4) is 0 Å². The fourth-order valence-electron chi connectivity index (χ4n) is 1.64. The third-order valence-electron chi connectivity index (χ3n) is 2.76. The number of nitrogens with two attached hydrogens (primary N) is 1. The number of nitrogens with one attached hydrogen (secondary N) is 1. The number of carbonyl (C=O) groups is 1. The molecule has 88 valence electrons. The van der Waals surface area contributed by atoms with Crippen LogP contribution < -0.4 is 11.1 Å². The Kier molecular flexibility index (Phi) is 4.99. The summed E-state index contributed by atoms with van der Waals surface area (Å²) in [5, 5.41) is 2.94. The van der Waals surface area contributed by atoms with E-state index in [-0.39, 0.29) is 11.9 Å². The minimum Gasteiger partial charge on any atom is -0.348 e. The van der Waals surface area contributed by atoms with Crippen LogP contribution in [0.2, 0.25) is 0 Å². The van der Waals surface area contributed by atoms with Crippen LogP contribution in [0.25, 0.3) is 0 Å². The first-order chi connectivity index (χ1) is 7.72. The van der Waals surface area contributed by atoms with Crippen LogP contribution in [0.5, 0.6) is 0 Å². The van der Waals surface area contributed by atoms with Gasteiger partial charge in [0.15, 0.2) is 0 Å². The molecule has 0 bridgehead atoms. The average molecular weight is 220 g/mol. The van der Waals surface area contributed by atoms with Crippen LogP contribution in [0.1, 0.15) is 36.2 Å². The number of rotatable bonds is 5. The second-order valence-electron chi connectivity index (χ2n) is 3.83. The first-order valence-electron chi connectivity index (χ1n) is 5.81. The van der Waals surface area contributed by atoms with Gasteiger partial charge in [0.1, 0.15) is 0 Å². The molecule has 0 radical (unpaired) electrons. The van der Waals surface area contributed by atoms with Gasteiger partial charge in [-0.2, -0.15) is 0 Å².